The highest BCUT2D eigenvalue weighted by molar-refractivity contribution is 6.09. The van der Waals surface area contributed by atoms with Crippen molar-refractivity contribution >= 4 is 44.3 Å². The fourth-order valence-electron chi connectivity index (χ4n) is 4.31. The number of anilines is 1. The average Bonchev–Trinajstić information content (AvgIpc) is 3.13. The number of rotatable bonds is 5. The largest absolute Gasteiger partial charge is 0.483 e. The van der Waals surface area contributed by atoms with Gasteiger partial charge in [0.1, 0.15) is 5.75 Å². The molecule has 6 nitrogen and oxygen atoms in total. The van der Waals surface area contributed by atoms with E-state index < -0.39 is 0 Å². The number of fused-ring (bicyclic) bond motifs is 4. The average molecular weight is 425 g/mol. The van der Waals surface area contributed by atoms with Gasteiger partial charge in [-0.3, -0.25) is 9.59 Å². The Morgan fingerprint density at radius 2 is 1.56 bits per heavy atom. The lowest BCUT2D eigenvalue weighted by Crippen LogP contribution is -2.22. The second-order valence-corrected chi connectivity index (χ2v) is 7.75. The summed E-state index contributed by atoms with van der Waals surface area (Å²) in [6.45, 7) is 2.81. The molecule has 0 aliphatic heterocycles. The van der Waals surface area contributed by atoms with Crippen LogP contribution in [0.3, 0.4) is 0 Å². The molecule has 0 saturated carbocycles. The molecule has 3 aromatic carbocycles. The van der Waals surface area contributed by atoms with E-state index in [2.05, 4.69) is 28.9 Å². The molecule has 5 aromatic rings. The number of amides is 1. The molecule has 0 fully saturated rings. The Labute approximate surface area is 184 Å². The Bertz CT molecular complexity index is 1550. The van der Waals surface area contributed by atoms with Gasteiger partial charge in [0.2, 0.25) is 0 Å². The first-order valence-electron chi connectivity index (χ1n) is 10.6. The van der Waals surface area contributed by atoms with Crippen LogP contribution in [0.2, 0.25) is 0 Å². The molecule has 160 valence electrons. The fourth-order valence-corrected chi connectivity index (χ4v) is 4.31. The van der Waals surface area contributed by atoms with Crippen molar-refractivity contribution in [1.82, 2.24) is 9.13 Å². The molecule has 2 aromatic heterocycles. The SMILES string of the molecule is CCn1c2ccccc2c2cc(NC(=O)COc3cc(=O)n(C)c4ccccc34)ccc21. The number of carbonyl (C=O) groups excluding carboxylic acids is 1. The van der Waals surface area contributed by atoms with Crippen molar-refractivity contribution in [3.63, 3.8) is 0 Å². The lowest BCUT2D eigenvalue weighted by Gasteiger charge is -2.12. The zero-order valence-electron chi connectivity index (χ0n) is 18.0. The molecule has 0 bridgehead atoms. The number of nitrogens with zero attached hydrogens (tertiary/aromatic N) is 2. The van der Waals surface area contributed by atoms with Crippen LogP contribution in [-0.4, -0.2) is 21.6 Å². The van der Waals surface area contributed by atoms with E-state index in [9.17, 15) is 9.59 Å². The highest BCUT2D eigenvalue weighted by Crippen LogP contribution is 2.31. The Morgan fingerprint density at radius 3 is 2.34 bits per heavy atom. The number of benzene rings is 3. The summed E-state index contributed by atoms with van der Waals surface area (Å²) in [6.07, 6.45) is 0. The van der Waals surface area contributed by atoms with Crippen molar-refractivity contribution in [1.29, 1.82) is 0 Å². The number of para-hydroxylation sites is 2. The molecule has 32 heavy (non-hydrogen) atoms. The second kappa shape index (κ2) is 7.89. The lowest BCUT2D eigenvalue weighted by atomic mass is 10.1. The first-order valence-corrected chi connectivity index (χ1v) is 10.6. The van der Waals surface area contributed by atoms with Crippen molar-refractivity contribution < 1.29 is 9.53 Å². The van der Waals surface area contributed by atoms with Crippen LogP contribution in [0.5, 0.6) is 5.75 Å². The molecule has 0 saturated heterocycles. The zero-order chi connectivity index (χ0) is 22.2. The Morgan fingerprint density at radius 1 is 0.875 bits per heavy atom. The Balaban J connectivity index is 1.39. The van der Waals surface area contributed by atoms with E-state index in [4.69, 9.17) is 4.74 Å². The van der Waals surface area contributed by atoms with E-state index >= 15 is 0 Å². The number of hydrogen-bond acceptors (Lipinski definition) is 3. The van der Waals surface area contributed by atoms with E-state index in [0.29, 0.717) is 11.4 Å². The quantitative estimate of drug-likeness (QED) is 0.445. The third-order valence-corrected chi connectivity index (χ3v) is 5.85. The molecule has 0 radical (unpaired) electrons. The number of hydrogen-bond donors (Lipinski definition) is 1. The number of pyridine rings is 1. The van der Waals surface area contributed by atoms with E-state index in [1.807, 2.05) is 54.6 Å². The van der Waals surface area contributed by atoms with Crippen molar-refractivity contribution in [2.24, 2.45) is 7.05 Å². The number of aryl methyl sites for hydroxylation is 2. The summed E-state index contributed by atoms with van der Waals surface area (Å²) in [5, 5.41) is 5.95. The normalized spacial score (nSPS) is 11.3. The van der Waals surface area contributed by atoms with Crippen molar-refractivity contribution in [2.45, 2.75) is 13.5 Å². The molecule has 5 rings (SSSR count). The first-order chi connectivity index (χ1) is 15.6. The summed E-state index contributed by atoms with van der Waals surface area (Å²) in [5.41, 5.74) is 3.59. The van der Waals surface area contributed by atoms with E-state index in [0.717, 1.165) is 33.7 Å². The summed E-state index contributed by atoms with van der Waals surface area (Å²) in [5.74, 6) is 0.119. The smallest absolute Gasteiger partial charge is 0.262 e. The molecule has 0 unspecified atom stereocenters. The fraction of sp³-hybridized carbons (Fsp3) is 0.154. The van der Waals surface area contributed by atoms with E-state index in [-0.39, 0.29) is 18.1 Å². The highest BCUT2D eigenvalue weighted by Gasteiger charge is 2.12. The number of carbonyl (C=O) groups is 1. The minimum Gasteiger partial charge on any atom is -0.483 e. The van der Waals surface area contributed by atoms with Gasteiger partial charge in [0, 0.05) is 52.5 Å². The van der Waals surface area contributed by atoms with Gasteiger partial charge in [-0.25, -0.2) is 0 Å². The van der Waals surface area contributed by atoms with Gasteiger partial charge in [-0.2, -0.15) is 0 Å². The maximum atomic E-state index is 12.6. The Hall–Kier alpha value is -4.06. The summed E-state index contributed by atoms with van der Waals surface area (Å²) in [7, 11) is 1.72. The van der Waals surface area contributed by atoms with Gasteiger partial charge >= 0.3 is 0 Å². The van der Waals surface area contributed by atoms with Crippen LogP contribution in [0.4, 0.5) is 5.69 Å². The molecular weight excluding hydrogens is 402 g/mol. The van der Waals surface area contributed by atoms with Crippen LogP contribution < -0.4 is 15.6 Å². The first kappa shape index (κ1) is 19.9. The summed E-state index contributed by atoms with van der Waals surface area (Å²) in [6, 6.07) is 23.1. The van der Waals surface area contributed by atoms with Gasteiger partial charge in [-0.1, -0.05) is 30.3 Å². The van der Waals surface area contributed by atoms with Crippen LogP contribution >= 0.6 is 0 Å². The molecule has 1 amide bonds. The van der Waals surface area contributed by atoms with Gasteiger partial charge < -0.3 is 19.2 Å². The van der Waals surface area contributed by atoms with Crippen LogP contribution in [0.1, 0.15) is 6.92 Å². The zero-order valence-corrected chi connectivity index (χ0v) is 18.0. The van der Waals surface area contributed by atoms with Crippen molar-refractivity contribution in [3.05, 3.63) is 83.2 Å². The Kier molecular flexibility index (Phi) is 4.90. The second-order valence-electron chi connectivity index (χ2n) is 7.75. The lowest BCUT2D eigenvalue weighted by molar-refractivity contribution is -0.118. The van der Waals surface area contributed by atoms with Gasteiger partial charge in [0.25, 0.3) is 11.5 Å². The summed E-state index contributed by atoms with van der Waals surface area (Å²) < 4.78 is 9.56. The van der Waals surface area contributed by atoms with Crippen LogP contribution in [0, 0.1) is 0 Å². The number of nitrogens with one attached hydrogen (secondary N) is 1. The minimum atomic E-state index is -0.284. The van der Waals surface area contributed by atoms with Crippen molar-refractivity contribution in [3.8, 4) is 5.75 Å². The monoisotopic (exact) mass is 425 g/mol. The maximum Gasteiger partial charge on any atom is 0.262 e. The van der Waals surface area contributed by atoms with Crippen LogP contribution in [0.25, 0.3) is 32.7 Å². The third-order valence-electron chi connectivity index (χ3n) is 5.85. The summed E-state index contributed by atoms with van der Waals surface area (Å²) in [4.78, 5) is 24.8. The molecule has 0 aliphatic rings. The van der Waals surface area contributed by atoms with Crippen molar-refractivity contribution in [2.75, 3.05) is 11.9 Å². The molecular formula is C26H23N3O3. The standard InChI is InChI=1S/C26H23N3O3/c1-3-29-22-11-7-4-8-18(22)20-14-17(12-13-23(20)29)27-25(30)16-32-24-15-26(31)28(2)21-10-6-5-9-19(21)24/h4-15H,3,16H2,1-2H3,(H,27,30). The molecule has 6 heteroatoms. The van der Waals surface area contributed by atoms with Gasteiger partial charge in [-0.05, 0) is 43.3 Å². The van der Waals surface area contributed by atoms with Gasteiger partial charge in [0.15, 0.2) is 6.61 Å². The minimum absolute atomic E-state index is 0.183. The van der Waals surface area contributed by atoms with Gasteiger partial charge in [-0.15, -0.1) is 0 Å². The molecule has 2 heterocycles. The molecule has 1 N–H and O–H groups in total. The maximum absolute atomic E-state index is 12.6. The van der Waals surface area contributed by atoms with Crippen LogP contribution in [0.15, 0.2) is 77.6 Å². The highest BCUT2D eigenvalue weighted by atomic mass is 16.5. The molecule has 0 aliphatic carbocycles. The molecule has 0 atom stereocenters. The summed E-state index contributed by atoms with van der Waals surface area (Å²) >= 11 is 0. The number of ether oxygens (including phenoxy) is 1. The van der Waals surface area contributed by atoms with E-state index in [1.54, 1.807) is 11.6 Å². The topological polar surface area (TPSA) is 65.3 Å². The third kappa shape index (κ3) is 3.30. The van der Waals surface area contributed by atoms with E-state index in [1.165, 1.54) is 11.6 Å². The predicted molar refractivity (Wildman–Crippen MR) is 128 cm³/mol. The predicted octanol–water partition coefficient (Wildman–Crippen LogP) is 4.68. The number of aromatic nitrogens is 2. The van der Waals surface area contributed by atoms with Gasteiger partial charge in [0.05, 0.1) is 5.52 Å². The van der Waals surface area contributed by atoms with Crippen LogP contribution in [-0.2, 0) is 18.4 Å². The molecule has 0 spiro atoms.